The van der Waals surface area contributed by atoms with E-state index in [4.69, 9.17) is 9.63 Å². The number of aliphatic carboxylic acids is 1. The minimum Gasteiger partial charge on any atom is -0.480 e. The third-order valence-corrected chi connectivity index (χ3v) is 4.40. The number of hydrogen-bond donors (Lipinski definition) is 2. The minimum absolute atomic E-state index is 0.0267. The molecular weight excluding hydrogens is 324 g/mol. The van der Waals surface area contributed by atoms with Gasteiger partial charge in [-0.15, -0.1) is 0 Å². The Labute approximate surface area is 144 Å². The topological polar surface area (TPSA) is 109 Å². The fraction of sp³-hybridized carbons (Fsp3) is 0.412. The predicted octanol–water partition coefficient (Wildman–Crippen LogP) is 1.40. The number of carbonyl (C=O) groups is 2. The Kier molecular flexibility index (Phi) is 5.08. The molecule has 3 rings (SSSR count). The number of likely N-dealkylation sites (N-methyl/N-ethyl adjacent to an activating group) is 1. The van der Waals surface area contributed by atoms with Gasteiger partial charge < -0.3 is 14.9 Å². The van der Waals surface area contributed by atoms with E-state index >= 15 is 0 Å². The molecule has 0 aromatic carbocycles. The van der Waals surface area contributed by atoms with Crippen molar-refractivity contribution in [2.45, 2.75) is 31.8 Å². The van der Waals surface area contributed by atoms with Crippen molar-refractivity contribution < 1.29 is 19.2 Å². The first-order valence-electron chi connectivity index (χ1n) is 8.20. The van der Waals surface area contributed by atoms with Crippen molar-refractivity contribution in [2.75, 3.05) is 13.1 Å². The number of hydrogen-bond acceptors (Lipinski definition) is 6. The lowest BCUT2D eigenvalue weighted by Crippen LogP contribution is -2.54. The summed E-state index contributed by atoms with van der Waals surface area (Å²) in [5.41, 5.74) is 0.977. The molecule has 0 spiro atoms. The highest BCUT2D eigenvalue weighted by Gasteiger charge is 2.35. The Hall–Kier alpha value is -2.74. The number of carbonyl (C=O) groups excluding carboxylic acids is 1. The Bertz CT molecular complexity index is 740. The van der Waals surface area contributed by atoms with Crippen LogP contribution in [0.4, 0.5) is 0 Å². The van der Waals surface area contributed by atoms with E-state index in [1.54, 1.807) is 24.5 Å². The molecule has 8 nitrogen and oxygen atoms in total. The Balaban J connectivity index is 1.53. The van der Waals surface area contributed by atoms with Crippen LogP contribution >= 0.6 is 0 Å². The molecule has 8 heteroatoms. The van der Waals surface area contributed by atoms with Gasteiger partial charge in [-0.05, 0) is 31.5 Å². The number of nitrogens with zero attached hydrogens (tertiary/aromatic N) is 3. The van der Waals surface area contributed by atoms with Crippen molar-refractivity contribution in [3.05, 3.63) is 36.3 Å². The summed E-state index contributed by atoms with van der Waals surface area (Å²) < 4.78 is 5.20. The summed E-state index contributed by atoms with van der Waals surface area (Å²) in [7, 11) is 0. The zero-order valence-corrected chi connectivity index (χ0v) is 13.9. The van der Waals surface area contributed by atoms with Crippen molar-refractivity contribution in [1.29, 1.82) is 0 Å². The van der Waals surface area contributed by atoms with E-state index < -0.39 is 5.97 Å². The van der Waals surface area contributed by atoms with Gasteiger partial charge in [0.05, 0.1) is 6.54 Å². The smallest absolute Gasteiger partial charge is 0.317 e. The zero-order chi connectivity index (χ0) is 17.8. The fourth-order valence-electron chi connectivity index (χ4n) is 2.96. The highest BCUT2D eigenvalue weighted by Crippen LogP contribution is 2.26. The largest absolute Gasteiger partial charge is 0.480 e. The molecule has 0 radical (unpaired) electrons. The van der Waals surface area contributed by atoms with Crippen LogP contribution in [0.25, 0.3) is 11.3 Å². The van der Waals surface area contributed by atoms with Gasteiger partial charge in [0.15, 0.2) is 11.5 Å². The molecule has 0 saturated heterocycles. The van der Waals surface area contributed by atoms with Crippen LogP contribution in [-0.4, -0.2) is 57.2 Å². The van der Waals surface area contributed by atoms with E-state index in [2.05, 4.69) is 15.5 Å². The molecular formula is C17H20N4O4. The first-order valence-corrected chi connectivity index (χ1v) is 8.20. The lowest BCUT2D eigenvalue weighted by atomic mass is 9.85. The highest BCUT2D eigenvalue weighted by atomic mass is 16.5. The summed E-state index contributed by atoms with van der Waals surface area (Å²) in [6, 6.07) is 5.41. The van der Waals surface area contributed by atoms with Crippen LogP contribution in [0.15, 0.2) is 35.1 Å². The van der Waals surface area contributed by atoms with E-state index in [1.165, 1.54) is 0 Å². The molecule has 25 heavy (non-hydrogen) atoms. The van der Waals surface area contributed by atoms with Crippen molar-refractivity contribution in [1.82, 2.24) is 20.4 Å². The molecule has 0 unspecified atom stereocenters. The molecule has 2 aromatic rings. The van der Waals surface area contributed by atoms with Crippen LogP contribution in [-0.2, 0) is 4.79 Å². The van der Waals surface area contributed by atoms with E-state index in [0.29, 0.717) is 12.3 Å². The average Bonchev–Trinajstić information content (AvgIpc) is 3.06. The number of carboxylic acid groups (broad SMARTS) is 1. The molecule has 0 aliphatic heterocycles. The van der Waals surface area contributed by atoms with E-state index in [9.17, 15) is 9.59 Å². The Morgan fingerprint density at radius 1 is 1.44 bits per heavy atom. The molecule has 0 atom stereocenters. The highest BCUT2D eigenvalue weighted by molar-refractivity contribution is 5.93. The summed E-state index contributed by atoms with van der Waals surface area (Å²) in [6.07, 6.45) is 4.77. The fourth-order valence-corrected chi connectivity index (χ4v) is 2.96. The molecule has 1 saturated carbocycles. The maximum Gasteiger partial charge on any atom is 0.317 e. The first-order chi connectivity index (χ1) is 12.1. The predicted molar refractivity (Wildman–Crippen MR) is 88.9 cm³/mol. The van der Waals surface area contributed by atoms with Gasteiger partial charge in [0.2, 0.25) is 0 Å². The Morgan fingerprint density at radius 2 is 2.24 bits per heavy atom. The van der Waals surface area contributed by atoms with Crippen molar-refractivity contribution in [2.24, 2.45) is 0 Å². The van der Waals surface area contributed by atoms with E-state index in [0.717, 1.165) is 18.4 Å². The van der Waals surface area contributed by atoms with Gasteiger partial charge in [0.25, 0.3) is 5.91 Å². The second-order valence-electron chi connectivity index (χ2n) is 6.07. The van der Waals surface area contributed by atoms with Crippen molar-refractivity contribution in [3.8, 4) is 11.3 Å². The maximum absolute atomic E-state index is 12.3. The second kappa shape index (κ2) is 7.43. The summed E-state index contributed by atoms with van der Waals surface area (Å²) >= 11 is 0. The quantitative estimate of drug-likeness (QED) is 0.781. The van der Waals surface area contributed by atoms with Crippen LogP contribution in [0.3, 0.4) is 0 Å². The van der Waals surface area contributed by atoms with Gasteiger partial charge in [-0.2, -0.15) is 0 Å². The maximum atomic E-state index is 12.3. The van der Waals surface area contributed by atoms with E-state index in [1.807, 2.05) is 17.9 Å². The molecule has 2 aromatic heterocycles. The molecule has 2 heterocycles. The van der Waals surface area contributed by atoms with Crippen LogP contribution in [0.2, 0.25) is 0 Å². The zero-order valence-electron chi connectivity index (χ0n) is 13.9. The lowest BCUT2D eigenvalue weighted by molar-refractivity contribution is -0.139. The molecule has 1 amide bonds. The van der Waals surface area contributed by atoms with Crippen LogP contribution in [0.1, 0.15) is 30.3 Å². The van der Waals surface area contributed by atoms with Gasteiger partial charge in [0.1, 0.15) is 0 Å². The SMILES string of the molecule is CCN(CC(=O)O)C1CC(NC(=O)c2cc(-c3cccnc3)on2)C1. The minimum atomic E-state index is -0.833. The summed E-state index contributed by atoms with van der Waals surface area (Å²) in [5, 5.41) is 15.6. The normalized spacial score (nSPS) is 19.4. The average molecular weight is 344 g/mol. The third kappa shape index (κ3) is 4.03. The van der Waals surface area contributed by atoms with Gasteiger partial charge in [0, 0.05) is 36.1 Å². The number of carboxylic acids is 1. The van der Waals surface area contributed by atoms with Crippen molar-refractivity contribution >= 4 is 11.9 Å². The third-order valence-electron chi connectivity index (χ3n) is 4.40. The molecule has 2 N–H and O–H groups in total. The van der Waals surface area contributed by atoms with Gasteiger partial charge in [-0.1, -0.05) is 12.1 Å². The molecule has 0 bridgehead atoms. The molecule has 1 aliphatic carbocycles. The molecule has 132 valence electrons. The lowest BCUT2D eigenvalue weighted by Gasteiger charge is -2.42. The standard InChI is InChI=1S/C17H20N4O4/c1-2-21(10-16(22)23)13-6-12(7-13)19-17(24)14-8-15(25-20-14)11-4-3-5-18-9-11/h3-5,8-9,12-13H,2,6-7,10H2,1H3,(H,19,24)(H,22,23). The number of amides is 1. The molecule has 1 fully saturated rings. The van der Waals surface area contributed by atoms with Gasteiger partial charge >= 0.3 is 5.97 Å². The van der Waals surface area contributed by atoms with Crippen LogP contribution < -0.4 is 5.32 Å². The van der Waals surface area contributed by atoms with Crippen LogP contribution in [0.5, 0.6) is 0 Å². The van der Waals surface area contributed by atoms with Gasteiger partial charge in [-0.3, -0.25) is 19.5 Å². The Morgan fingerprint density at radius 3 is 2.88 bits per heavy atom. The molecule has 1 aliphatic rings. The monoisotopic (exact) mass is 344 g/mol. The number of nitrogens with one attached hydrogen (secondary N) is 1. The van der Waals surface area contributed by atoms with E-state index in [-0.39, 0.29) is 30.2 Å². The number of pyridine rings is 1. The summed E-state index contributed by atoms with van der Waals surface area (Å²) in [4.78, 5) is 29.0. The second-order valence-corrected chi connectivity index (χ2v) is 6.07. The van der Waals surface area contributed by atoms with Crippen molar-refractivity contribution in [3.63, 3.8) is 0 Å². The number of rotatable bonds is 7. The first kappa shape index (κ1) is 17.1. The summed E-state index contributed by atoms with van der Waals surface area (Å²) in [6.45, 7) is 2.64. The summed E-state index contributed by atoms with van der Waals surface area (Å²) in [5.74, 6) is -0.633. The van der Waals surface area contributed by atoms with Gasteiger partial charge in [-0.25, -0.2) is 0 Å². The van der Waals surface area contributed by atoms with Crippen LogP contribution in [0, 0.1) is 0 Å². The number of aromatic nitrogens is 2.